The number of imide groups is 1. The van der Waals surface area contributed by atoms with Gasteiger partial charge in [0.25, 0.3) is 11.8 Å². The smallest absolute Gasteiger partial charge is 0.261 e. The molecule has 29 heavy (non-hydrogen) atoms. The summed E-state index contributed by atoms with van der Waals surface area (Å²) >= 11 is 0. The number of nitrogens with zero attached hydrogens (tertiary/aromatic N) is 1. The number of hydrogen-bond donors (Lipinski definition) is 2. The van der Waals surface area contributed by atoms with E-state index in [1.165, 1.54) is 31.5 Å². The van der Waals surface area contributed by atoms with Gasteiger partial charge in [-0.3, -0.25) is 19.3 Å². The van der Waals surface area contributed by atoms with Crippen LogP contribution in [-0.4, -0.2) is 42.3 Å². The van der Waals surface area contributed by atoms with Crippen LogP contribution in [0, 0.1) is 0 Å². The van der Waals surface area contributed by atoms with E-state index in [2.05, 4.69) is 29.6 Å². The zero-order valence-corrected chi connectivity index (χ0v) is 16.4. The number of fused-ring (bicyclic) bond motifs is 1. The van der Waals surface area contributed by atoms with Gasteiger partial charge in [-0.15, -0.1) is 0 Å². The van der Waals surface area contributed by atoms with E-state index in [1.54, 1.807) is 29.2 Å². The molecule has 2 N–H and O–H groups in total. The summed E-state index contributed by atoms with van der Waals surface area (Å²) in [7, 11) is 0. The molecule has 0 aliphatic carbocycles. The quantitative estimate of drug-likeness (QED) is 0.695. The van der Waals surface area contributed by atoms with Gasteiger partial charge in [0.1, 0.15) is 6.54 Å². The van der Waals surface area contributed by atoms with Crippen LogP contribution >= 0.6 is 0 Å². The minimum absolute atomic E-state index is 0.0930. The van der Waals surface area contributed by atoms with Gasteiger partial charge in [0.15, 0.2) is 0 Å². The molecular weight excluding hydrogens is 366 g/mol. The monoisotopic (exact) mass is 392 g/mol. The average molecular weight is 392 g/mol. The Bertz CT molecular complexity index is 882. The van der Waals surface area contributed by atoms with Crippen LogP contribution in [0.4, 0.5) is 0 Å². The number of carbonyl (C=O) groups excluding carboxylic acids is 3. The highest BCUT2D eigenvalue weighted by Gasteiger charge is 2.34. The van der Waals surface area contributed by atoms with Crippen molar-refractivity contribution in [2.45, 2.75) is 32.4 Å². The third-order valence-electron chi connectivity index (χ3n) is 5.72. The van der Waals surface area contributed by atoms with E-state index in [9.17, 15) is 14.4 Å². The lowest BCUT2D eigenvalue weighted by molar-refractivity contribution is -0.901. The summed E-state index contributed by atoms with van der Waals surface area (Å²) in [6.45, 7) is 4.11. The molecule has 6 heteroatoms. The Morgan fingerprint density at radius 3 is 2.10 bits per heavy atom. The number of likely N-dealkylation sites (tertiary alicyclic amines) is 1. The molecule has 2 aromatic carbocycles. The van der Waals surface area contributed by atoms with Crippen molar-refractivity contribution in [1.82, 2.24) is 10.2 Å². The van der Waals surface area contributed by atoms with Crippen LogP contribution in [-0.2, 0) is 17.9 Å². The predicted octanol–water partition coefficient (Wildman–Crippen LogP) is 1.17. The van der Waals surface area contributed by atoms with Crippen LogP contribution in [0.1, 0.15) is 51.1 Å². The molecule has 6 nitrogen and oxygen atoms in total. The molecule has 0 spiro atoms. The molecule has 4 rings (SSSR count). The van der Waals surface area contributed by atoms with E-state index in [4.69, 9.17) is 0 Å². The van der Waals surface area contributed by atoms with E-state index >= 15 is 0 Å². The Morgan fingerprint density at radius 1 is 0.897 bits per heavy atom. The van der Waals surface area contributed by atoms with Gasteiger partial charge in [-0.2, -0.15) is 0 Å². The lowest BCUT2D eigenvalue weighted by Gasteiger charge is -2.14. The van der Waals surface area contributed by atoms with E-state index < -0.39 is 0 Å². The van der Waals surface area contributed by atoms with Crippen LogP contribution in [0.15, 0.2) is 48.5 Å². The predicted molar refractivity (Wildman–Crippen MR) is 108 cm³/mol. The fraction of sp³-hybridized carbons (Fsp3) is 0.348. The normalized spacial score (nSPS) is 16.3. The molecule has 1 saturated heterocycles. The van der Waals surface area contributed by atoms with Crippen LogP contribution in [0.5, 0.6) is 0 Å². The van der Waals surface area contributed by atoms with Crippen molar-refractivity contribution >= 4 is 17.7 Å². The van der Waals surface area contributed by atoms with Crippen molar-refractivity contribution < 1.29 is 19.3 Å². The van der Waals surface area contributed by atoms with Gasteiger partial charge in [-0.05, 0) is 17.7 Å². The molecule has 1 fully saturated rings. The van der Waals surface area contributed by atoms with Crippen molar-refractivity contribution in [1.29, 1.82) is 0 Å². The largest absolute Gasteiger partial charge is 0.352 e. The van der Waals surface area contributed by atoms with Crippen LogP contribution < -0.4 is 10.2 Å². The minimum atomic E-state index is -0.325. The SMILES string of the molecule is O=C(CCN1C(=O)c2ccccc2C1=O)NCc1ccc(C[NH+]2CCCC2)cc1. The topological polar surface area (TPSA) is 70.9 Å². The highest BCUT2D eigenvalue weighted by molar-refractivity contribution is 6.21. The molecule has 0 atom stereocenters. The van der Waals surface area contributed by atoms with Gasteiger partial charge in [0.2, 0.25) is 5.91 Å². The first-order valence-corrected chi connectivity index (χ1v) is 10.2. The number of rotatable bonds is 7. The molecule has 0 unspecified atom stereocenters. The van der Waals surface area contributed by atoms with Gasteiger partial charge in [-0.25, -0.2) is 0 Å². The molecule has 0 saturated carbocycles. The number of amides is 3. The van der Waals surface area contributed by atoms with Gasteiger partial charge in [0, 0.05) is 37.9 Å². The Kier molecular flexibility index (Phi) is 5.71. The maximum Gasteiger partial charge on any atom is 0.261 e. The van der Waals surface area contributed by atoms with Crippen LogP contribution in [0.3, 0.4) is 0 Å². The molecular formula is C23H26N3O3+. The summed E-state index contributed by atoms with van der Waals surface area (Å²) in [4.78, 5) is 39.6. The maximum absolute atomic E-state index is 12.3. The lowest BCUT2D eigenvalue weighted by atomic mass is 10.1. The standard InChI is InChI=1S/C23H25N3O3/c27-21(11-14-26-22(28)19-5-1-2-6-20(19)23(26)29)24-15-17-7-9-18(10-8-17)16-25-12-3-4-13-25/h1-2,5-10H,3-4,11-16H2,(H,24,27)/p+1. The molecule has 0 radical (unpaired) electrons. The van der Waals surface area contributed by atoms with Crippen molar-refractivity contribution in [3.63, 3.8) is 0 Å². The summed E-state index contributed by atoms with van der Waals surface area (Å²) in [5, 5.41) is 2.87. The number of hydrogen-bond acceptors (Lipinski definition) is 3. The Labute approximate surface area is 170 Å². The first kappa shape index (κ1) is 19.3. The molecule has 0 bridgehead atoms. The van der Waals surface area contributed by atoms with E-state index in [-0.39, 0.29) is 30.7 Å². The number of benzene rings is 2. The Balaban J connectivity index is 1.23. The van der Waals surface area contributed by atoms with E-state index in [0.717, 1.165) is 17.0 Å². The summed E-state index contributed by atoms with van der Waals surface area (Å²) in [5.74, 6) is -0.824. The summed E-state index contributed by atoms with van der Waals surface area (Å²) in [6, 6.07) is 15.1. The van der Waals surface area contributed by atoms with Gasteiger partial charge < -0.3 is 10.2 Å². The minimum Gasteiger partial charge on any atom is -0.352 e. The third-order valence-corrected chi connectivity index (χ3v) is 5.72. The van der Waals surface area contributed by atoms with Gasteiger partial charge in [-0.1, -0.05) is 36.4 Å². The van der Waals surface area contributed by atoms with Crippen molar-refractivity contribution in [2.24, 2.45) is 0 Å². The molecule has 2 heterocycles. The Hall–Kier alpha value is -2.99. The molecule has 2 aliphatic rings. The van der Waals surface area contributed by atoms with E-state index in [0.29, 0.717) is 17.7 Å². The number of carbonyl (C=O) groups is 3. The molecule has 2 aromatic rings. The van der Waals surface area contributed by atoms with Gasteiger partial charge >= 0.3 is 0 Å². The highest BCUT2D eigenvalue weighted by Crippen LogP contribution is 2.22. The molecule has 2 aliphatic heterocycles. The fourth-order valence-electron chi connectivity index (χ4n) is 4.06. The number of nitrogens with one attached hydrogen (secondary N) is 2. The zero-order chi connectivity index (χ0) is 20.2. The first-order chi connectivity index (χ1) is 14.1. The fourth-order valence-corrected chi connectivity index (χ4v) is 4.06. The Morgan fingerprint density at radius 2 is 1.48 bits per heavy atom. The second-order valence-corrected chi connectivity index (χ2v) is 7.78. The van der Waals surface area contributed by atoms with Crippen molar-refractivity contribution in [3.8, 4) is 0 Å². The summed E-state index contributed by atoms with van der Waals surface area (Å²) in [6.07, 6.45) is 2.74. The number of quaternary nitrogens is 1. The van der Waals surface area contributed by atoms with Crippen LogP contribution in [0.25, 0.3) is 0 Å². The second-order valence-electron chi connectivity index (χ2n) is 7.78. The highest BCUT2D eigenvalue weighted by atomic mass is 16.2. The maximum atomic E-state index is 12.3. The van der Waals surface area contributed by atoms with Gasteiger partial charge in [0.05, 0.1) is 24.2 Å². The first-order valence-electron chi connectivity index (χ1n) is 10.2. The van der Waals surface area contributed by atoms with E-state index in [1.807, 2.05) is 0 Å². The van der Waals surface area contributed by atoms with Crippen molar-refractivity contribution in [2.75, 3.05) is 19.6 Å². The van der Waals surface area contributed by atoms with Crippen molar-refractivity contribution in [3.05, 3.63) is 70.8 Å². The summed E-state index contributed by atoms with van der Waals surface area (Å²) in [5.41, 5.74) is 3.18. The molecule has 3 amide bonds. The molecule has 0 aromatic heterocycles. The zero-order valence-electron chi connectivity index (χ0n) is 16.4. The van der Waals surface area contributed by atoms with Crippen LogP contribution in [0.2, 0.25) is 0 Å². The average Bonchev–Trinajstić information content (AvgIpc) is 3.33. The second kappa shape index (κ2) is 8.57. The lowest BCUT2D eigenvalue weighted by Crippen LogP contribution is -3.08. The summed E-state index contributed by atoms with van der Waals surface area (Å²) < 4.78 is 0. The third kappa shape index (κ3) is 4.38. The molecule has 150 valence electrons.